The number of carbonyl (C=O) groups is 1. The first-order chi connectivity index (χ1) is 9.65. The summed E-state index contributed by atoms with van der Waals surface area (Å²) in [5.41, 5.74) is 0.830. The van der Waals surface area contributed by atoms with E-state index in [9.17, 15) is 4.79 Å². The van der Waals surface area contributed by atoms with Crippen molar-refractivity contribution < 1.29 is 14.3 Å². The van der Waals surface area contributed by atoms with E-state index in [0.29, 0.717) is 18.4 Å². The molecule has 1 unspecified atom stereocenters. The van der Waals surface area contributed by atoms with Gasteiger partial charge < -0.3 is 14.4 Å². The summed E-state index contributed by atoms with van der Waals surface area (Å²) in [6.07, 6.45) is 2.63. The quantitative estimate of drug-likeness (QED) is 0.765. The van der Waals surface area contributed by atoms with Crippen molar-refractivity contribution in [3.8, 4) is 5.88 Å². The zero-order valence-corrected chi connectivity index (χ0v) is 12.3. The van der Waals surface area contributed by atoms with Crippen LogP contribution in [-0.2, 0) is 9.53 Å². The lowest BCUT2D eigenvalue weighted by Gasteiger charge is -2.23. The fraction of sp³-hybridized carbons (Fsp3) is 0.643. The number of esters is 1. The first-order valence-corrected chi connectivity index (χ1v) is 6.98. The second kappa shape index (κ2) is 6.54. The molecule has 2 rings (SSSR count). The van der Waals surface area contributed by atoms with Gasteiger partial charge in [-0.2, -0.15) is 4.98 Å². The zero-order chi connectivity index (χ0) is 14.5. The number of methoxy groups -OCH3 is 1. The van der Waals surface area contributed by atoms with E-state index in [0.717, 1.165) is 31.5 Å². The van der Waals surface area contributed by atoms with Crippen LogP contribution in [0.25, 0.3) is 0 Å². The average Bonchev–Trinajstić information content (AvgIpc) is 2.93. The summed E-state index contributed by atoms with van der Waals surface area (Å²) in [6.45, 7) is 5.32. The highest BCUT2D eigenvalue weighted by Crippen LogP contribution is 2.25. The van der Waals surface area contributed by atoms with Crippen molar-refractivity contribution in [3.05, 3.63) is 11.8 Å². The minimum Gasteiger partial charge on any atom is -0.478 e. The van der Waals surface area contributed by atoms with Gasteiger partial charge in [0.25, 0.3) is 0 Å². The number of hydrogen-bond acceptors (Lipinski definition) is 6. The van der Waals surface area contributed by atoms with Gasteiger partial charge in [-0.15, -0.1) is 0 Å². The van der Waals surface area contributed by atoms with Gasteiger partial charge in [0.2, 0.25) is 11.8 Å². The van der Waals surface area contributed by atoms with Gasteiger partial charge in [0.05, 0.1) is 13.7 Å². The number of nitrogens with zero attached hydrogens (tertiary/aromatic N) is 3. The zero-order valence-electron chi connectivity index (χ0n) is 12.3. The minimum absolute atomic E-state index is 0.233. The second-order valence-electron chi connectivity index (χ2n) is 4.87. The minimum atomic E-state index is -0.291. The van der Waals surface area contributed by atoms with Gasteiger partial charge in [0, 0.05) is 18.3 Å². The van der Waals surface area contributed by atoms with E-state index in [4.69, 9.17) is 9.47 Å². The molecule has 0 bridgehead atoms. The van der Waals surface area contributed by atoms with E-state index in [1.165, 1.54) is 7.11 Å². The Hall–Kier alpha value is -1.85. The molecule has 1 atom stereocenters. The highest BCUT2D eigenvalue weighted by molar-refractivity contribution is 5.79. The van der Waals surface area contributed by atoms with Crippen molar-refractivity contribution in [1.29, 1.82) is 0 Å². The summed E-state index contributed by atoms with van der Waals surface area (Å²) in [5, 5.41) is 0. The predicted octanol–water partition coefficient (Wildman–Crippen LogP) is 1.72. The molecule has 2 heterocycles. The van der Waals surface area contributed by atoms with Crippen molar-refractivity contribution in [2.45, 2.75) is 39.2 Å². The predicted molar refractivity (Wildman–Crippen MR) is 74.9 cm³/mol. The highest BCUT2D eigenvalue weighted by atomic mass is 16.5. The number of aromatic nitrogens is 2. The molecule has 0 aromatic carbocycles. The molecule has 0 spiro atoms. The molecule has 6 heteroatoms. The van der Waals surface area contributed by atoms with E-state index >= 15 is 0 Å². The summed E-state index contributed by atoms with van der Waals surface area (Å²) >= 11 is 0. The maximum absolute atomic E-state index is 11.8. The number of carbonyl (C=O) groups excluding carboxylic acids is 1. The molecule has 0 radical (unpaired) electrons. The largest absolute Gasteiger partial charge is 0.478 e. The van der Waals surface area contributed by atoms with E-state index in [2.05, 4.69) is 9.97 Å². The van der Waals surface area contributed by atoms with Gasteiger partial charge in [-0.3, -0.25) is 0 Å². The van der Waals surface area contributed by atoms with E-state index < -0.39 is 0 Å². The molecule has 110 valence electrons. The second-order valence-corrected chi connectivity index (χ2v) is 4.87. The Labute approximate surface area is 119 Å². The average molecular weight is 279 g/mol. The van der Waals surface area contributed by atoms with Gasteiger partial charge in [0.15, 0.2) is 0 Å². The molecule has 1 fully saturated rings. The number of aryl methyl sites for hydroxylation is 1. The third-order valence-corrected chi connectivity index (χ3v) is 3.26. The number of hydrogen-bond donors (Lipinski definition) is 0. The van der Waals surface area contributed by atoms with Crippen LogP contribution in [0.5, 0.6) is 5.88 Å². The molecule has 0 saturated carbocycles. The van der Waals surface area contributed by atoms with Crippen molar-refractivity contribution in [1.82, 2.24) is 9.97 Å². The van der Waals surface area contributed by atoms with Gasteiger partial charge in [-0.1, -0.05) is 6.92 Å². The molecule has 0 amide bonds. The molecule has 1 aliphatic rings. The fourth-order valence-corrected chi connectivity index (χ4v) is 2.32. The first kappa shape index (κ1) is 14.6. The molecule has 1 aromatic rings. The maximum Gasteiger partial charge on any atom is 0.328 e. The lowest BCUT2D eigenvalue weighted by molar-refractivity contribution is -0.141. The van der Waals surface area contributed by atoms with Crippen LogP contribution in [0, 0.1) is 6.92 Å². The Bertz CT molecular complexity index is 479. The normalized spacial score (nSPS) is 18.1. The lowest BCUT2D eigenvalue weighted by atomic mass is 10.2. The van der Waals surface area contributed by atoms with Gasteiger partial charge in [-0.05, 0) is 26.2 Å². The molecule has 0 aliphatic carbocycles. The summed E-state index contributed by atoms with van der Waals surface area (Å²) in [5.74, 6) is 0.873. The van der Waals surface area contributed by atoms with Crippen molar-refractivity contribution >= 4 is 11.9 Å². The Morgan fingerprint density at radius 3 is 3.00 bits per heavy atom. The third-order valence-electron chi connectivity index (χ3n) is 3.26. The van der Waals surface area contributed by atoms with Crippen molar-refractivity contribution in [2.75, 3.05) is 25.2 Å². The maximum atomic E-state index is 11.8. The lowest BCUT2D eigenvalue weighted by Crippen LogP contribution is -2.38. The molecule has 20 heavy (non-hydrogen) atoms. The van der Waals surface area contributed by atoms with Gasteiger partial charge in [-0.25, -0.2) is 9.78 Å². The van der Waals surface area contributed by atoms with Crippen LogP contribution in [-0.4, -0.2) is 42.2 Å². The first-order valence-electron chi connectivity index (χ1n) is 6.98. The third kappa shape index (κ3) is 3.18. The monoisotopic (exact) mass is 279 g/mol. The van der Waals surface area contributed by atoms with E-state index in [1.807, 2.05) is 24.8 Å². The van der Waals surface area contributed by atoms with Gasteiger partial charge >= 0.3 is 5.97 Å². The van der Waals surface area contributed by atoms with Crippen molar-refractivity contribution in [2.24, 2.45) is 0 Å². The summed E-state index contributed by atoms with van der Waals surface area (Å²) in [6, 6.07) is 1.52. The Morgan fingerprint density at radius 2 is 2.30 bits per heavy atom. The number of anilines is 1. The number of rotatable bonds is 5. The fourth-order valence-electron chi connectivity index (χ4n) is 2.32. The van der Waals surface area contributed by atoms with Crippen LogP contribution in [0.1, 0.15) is 31.9 Å². The molecule has 1 aromatic heterocycles. The molecular weight excluding hydrogens is 258 g/mol. The Kier molecular flexibility index (Phi) is 4.76. The van der Waals surface area contributed by atoms with E-state index in [-0.39, 0.29) is 12.0 Å². The van der Waals surface area contributed by atoms with Crippen LogP contribution < -0.4 is 9.64 Å². The van der Waals surface area contributed by atoms with E-state index in [1.54, 1.807) is 0 Å². The summed E-state index contributed by atoms with van der Waals surface area (Å²) < 4.78 is 10.4. The summed E-state index contributed by atoms with van der Waals surface area (Å²) in [4.78, 5) is 22.5. The van der Waals surface area contributed by atoms with Crippen LogP contribution in [0.2, 0.25) is 0 Å². The van der Waals surface area contributed by atoms with Crippen LogP contribution in [0.15, 0.2) is 6.07 Å². The van der Waals surface area contributed by atoms with Crippen LogP contribution in [0.3, 0.4) is 0 Å². The molecule has 0 N–H and O–H groups in total. The van der Waals surface area contributed by atoms with Crippen LogP contribution >= 0.6 is 0 Å². The van der Waals surface area contributed by atoms with Crippen LogP contribution in [0.4, 0.5) is 5.95 Å². The highest BCUT2D eigenvalue weighted by Gasteiger charge is 2.33. The smallest absolute Gasteiger partial charge is 0.328 e. The summed E-state index contributed by atoms with van der Waals surface area (Å²) in [7, 11) is 1.41. The van der Waals surface area contributed by atoms with Crippen molar-refractivity contribution in [3.63, 3.8) is 0 Å². The molecular formula is C14H21N3O3. The molecule has 1 saturated heterocycles. The molecule has 1 aliphatic heterocycles. The van der Waals surface area contributed by atoms with Gasteiger partial charge in [0.1, 0.15) is 6.04 Å². The number of ether oxygens (including phenoxy) is 2. The SMILES string of the molecule is CCCOc1cc(C)nc(N2CCCC2C(=O)OC)n1. The topological polar surface area (TPSA) is 64.5 Å². The standard InChI is InChI=1S/C14H21N3O3/c1-4-8-20-12-9-10(2)15-14(16-12)17-7-5-6-11(17)13(18)19-3/h9,11H,4-8H2,1-3H3. The Balaban J connectivity index is 2.22. The Morgan fingerprint density at radius 1 is 1.50 bits per heavy atom. The molecule has 6 nitrogen and oxygen atoms in total.